The highest BCUT2D eigenvalue weighted by atomic mass is 35.5. The molecule has 1 aromatic rings. The van der Waals surface area contributed by atoms with Crippen LogP contribution in [0.4, 0.5) is 0 Å². The van der Waals surface area contributed by atoms with E-state index in [1.54, 1.807) is 19.9 Å². The Morgan fingerprint density at radius 2 is 1.86 bits per heavy atom. The topological polar surface area (TPSA) is 83.5 Å². The van der Waals surface area contributed by atoms with E-state index in [1.165, 1.54) is 13.8 Å². The summed E-state index contributed by atoms with van der Waals surface area (Å²) in [6.07, 6.45) is 0. The first kappa shape index (κ1) is 18.2. The van der Waals surface area contributed by atoms with E-state index < -0.39 is 21.4 Å². The molecule has 0 saturated carbocycles. The van der Waals surface area contributed by atoms with Gasteiger partial charge in [0.1, 0.15) is 4.90 Å². The van der Waals surface area contributed by atoms with Gasteiger partial charge in [-0.1, -0.05) is 23.2 Å². The van der Waals surface area contributed by atoms with Gasteiger partial charge in [-0.25, -0.2) is 13.1 Å². The van der Waals surface area contributed by atoms with Crippen molar-refractivity contribution in [3.05, 3.63) is 27.2 Å². The van der Waals surface area contributed by atoms with Gasteiger partial charge in [-0.2, -0.15) is 0 Å². The van der Waals surface area contributed by atoms with Crippen molar-refractivity contribution >= 4 is 39.2 Å². The van der Waals surface area contributed by atoms with Crippen molar-refractivity contribution in [2.24, 2.45) is 5.41 Å². The summed E-state index contributed by atoms with van der Waals surface area (Å²) in [5.74, 6) is -1.10. The summed E-state index contributed by atoms with van der Waals surface area (Å²) in [6, 6.07) is 1.58. The number of hydrogen-bond acceptors (Lipinski definition) is 3. The van der Waals surface area contributed by atoms with Crippen molar-refractivity contribution in [2.75, 3.05) is 6.54 Å². The Labute approximate surface area is 134 Å². The van der Waals surface area contributed by atoms with Gasteiger partial charge in [-0.3, -0.25) is 4.79 Å². The summed E-state index contributed by atoms with van der Waals surface area (Å²) in [5, 5.41) is 9.39. The summed E-state index contributed by atoms with van der Waals surface area (Å²) < 4.78 is 27.1. The van der Waals surface area contributed by atoms with Gasteiger partial charge in [0.15, 0.2) is 0 Å². The van der Waals surface area contributed by atoms with Crippen molar-refractivity contribution < 1.29 is 18.3 Å². The van der Waals surface area contributed by atoms with Crippen LogP contribution in [0, 0.1) is 19.3 Å². The number of carbonyl (C=O) groups is 1. The molecule has 0 spiro atoms. The fraction of sp³-hybridized carbons (Fsp3) is 0.462. The van der Waals surface area contributed by atoms with E-state index in [2.05, 4.69) is 4.72 Å². The Kier molecular flexibility index (Phi) is 5.31. The van der Waals surface area contributed by atoms with E-state index in [4.69, 9.17) is 28.3 Å². The summed E-state index contributed by atoms with van der Waals surface area (Å²) >= 11 is 12.1. The second-order valence-electron chi connectivity index (χ2n) is 5.46. The van der Waals surface area contributed by atoms with Crippen LogP contribution >= 0.6 is 23.2 Å². The number of benzene rings is 1. The third-order valence-electron chi connectivity index (χ3n) is 3.14. The number of carboxylic acid groups (broad SMARTS) is 1. The normalized spacial score (nSPS) is 12.5. The Morgan fingerprint density at radius 3 is 2.33 bits per heavy atom. The van der Waals surface area contributed by atoms with Crippen molar-refractivity contribution in [1.29, 1.82) is 0 Å². The largest absolute Gasteiger partial charge is 0.481 e. The van der Waals surface area contributed by atoms with Crippen LogP contribution in [-0.4, -0.2) is 26.0 Å². The number of carboxylic acids is 1. The zero-order valence-corrected chi connectivity index (χ0v) is 14.4. The number of aliphatic carboxylic acids is 1. The fourth-order valence-corrected chi connectivity index (χ4v) is 3.98. The minimum Gasteiger partial charge on any atom is -0.481 e. The zero-order chi connectivity index (χ0) is 16.6. The zero-order valence-electron chi connectivity index (χ0n) is 12.1. The van der Waals surface area contributed by atoms with Gasteiger partial charge in [0.2, 0.25) is 10.0 Å². The van der Waals surface area contributed by atoms with Crippen LogP contribution in [-0.2, 0) is 14.8 Å². The van der Waals surface area contributed by atoms with Crippen LogP contribution in [0.3, 0.4) is 0 Å². The molecule has 0 amide bonds. The number of nitrogens with one attached hydrogen (secondary N) is 1. The number of rotatable bonds is 5. The van der Waals surface area contributed by atoms with Crippen molar-refractivity contribution in [3.8, 4) is 0 Å². The van der Waals surface area contributed by atoms with Crippen LogP contribution in [0.2, 0.25) is 10.0 Å². The second kappa shape index (κ2) is 6.12. The van der Waals surface area contributed by atoms with E-state index in [9.17, 15) is 13.2 Å². The average Bonchev–Trinajstić information content (AvgIpc) is 2.34. The molecule has 0 fully saturated rings. The number of hydrogen-bond donors (Lipinski definition) is 2. The first-order valence-electron chi connectivity index (χ1n) is 6.08. The number of halogens is 2. The molecule has 21 heavy (non-hydrogen) atoms. The highest BCUT2D eigenvalue weighted by Gasteiger charge is 2.31. The van der Waals surface area contributed by atoms with Crippen LogP contribution in [0.5, 0.6) is 0 Å². The van der Waals surface area contributed by atoms with Gasteiger partial charge in [0.05, 0.1) is 10.4 Å². The molecule has 0 saturated heterocycles. The predicted octanol–water partition coefficient (Wildman–Crippen LogP) is 3.00. The molecule has 0 heterocycles. The van der Waals surface area contributed by atoms with E-state index in [1.807, 2.05) is 0 Å². The predicted molar refractivity (Wildman–Crippen MR) is 82.5 cm³/mol. The van der Waals surface area contributed by atoms with Gasteiger partial charge in [-0.05, 0) is 44.9 Å². The van der Waals surface area contributed by atoms with Crippen molar-refractivity contribution in [2.45, 2.75) is 32.6 Å². The summed E-state index contributed by atoms with van der Waals surface area (Å²) in [7, 11) is -3.96. The second-order valence-corrected chi connectivity index (χ2v) is 7.95. The van der Waals surface area contributed by atoms with E-state index in [0.29, 0.717) is 11.1 Å². The van der Waals surface area contributed by atoms with Gasteiger partial charge in [0.25, 0.3) is 0 Å². The highest BCUT2D eigenvalue weighted by molar-refractivity contribution is 7.89. The quantitative estimate of drug-likeness (QED) is 0.852. The third-order valence-corrected chi connectivity index (χ3v) is 5.70. The third kappa shape index (κ3) is 3.88. The molecule has 0 radical (unpaired) electrons. The Bertz CT molecular complexity index is 658. The maximum atomic E-state index is 12.4. The lowest BCUT2D eigenvalue weighted by molar-refractivity contribution is -0.146. The van der Waals surface area contributed by atoms with Crippen LogP contribution in [0.15, 0.2) is 11.0 Å². The molecule has 0 aliphatic heterocycles. The van der Waals surface area contributed by atoms with Gasteiger partial charge >= 0.3 is 5.97 Å². The lowest BCUT2D eigenvalue weighted by Gasteiger charge is -2.21. The molecule has 0 aliphatic rings. The van der Waals surface area contributed by atoms with Crippen molar-refractivity contribution in [1.82, 2.24) is 4.72 Å². The molecule has 0 unspecified atom stereocenters. The van der Waals surface area contributed by atoms with Crippen LogP contribution in [0.25, 0.3) is 0 Å². The van der Waals surface area contributed by atoms with Gasteiger partial charge < -0.3 is 5.11 Å². The average molecular weight is 354 g/mol. The van der Waals surface area contributed by atoms with E-state index in [-0.39, 0.29) is 21.5 Å². The molecule has 5 nitrogen and oxygen atoms in total. The van der Waals surface area contributed by atoms with Crippen LogP contribution < -0.4 is 4.72 Å². The summed E-state index contributed by atoms with van der Waals surface area (Å²) in [6.45, 7) is 5.79. The smallest absolute Gasteiger partial charge is 0.310 e. The number of aryl methyl sites for hydroxylation is 1. The minimum absolute atomic E-state index is 0.0810. The Morgan fingerprint density at radius 1 is 1.33 bits per heavy atom. The SMILES string of the molecule is Cc1cc(Cl)c(C)c(S(=O)(=O)NCC(C)(C)C(=O)O)c1Cl. The summed E-state index contributed by atoms with van der Waals surface area (Å²) in [4.78, 5) is 10.9. The molecule has 0 atom stereocenters. The lowest BCUT2D eigenvalue weighted by atomic mass is 9.95. The lowest BCUT2D eigenvalue weighted by Crippen LogP contribution is -2.39. The molecule has 0 aromatic heterocycles. The molecule has 118 valence electrons. The molecule has 1 aromatic carbocycles. The molecule has 1 rings (SSSR count). The maximum absolute atomic E-state index is 12.4. The number of sulfonamides is 1. The highest BCUT2D eigenvalue weighted by Crippen LogP contribution is 2.33. The Balaban J connectivity index is 3.25. The van der Waals surface area contributed by atoms with Gasteiger partial charge in [0, 0.05) is 11.6 Å². The molecule has 2 N–H and O–H groups in total. The standard InChI is InChI=1S/C13H17Cl2NO4S/c1-7-5-9(14)8(2)11(10(7)15)21(19,20)16-6-13(3,4)12(17)18/h5,16H,6H2,1-4H3,(H,17,18). The first-order chi connectivity index (χ1) is 9.40. The fourth-order valence-electron chi connectivity index (χ4n) is 1.56. The molecule has 8 heteroatoms. The first-order valence-corrected chi connectivity index (χ1v) is 8.32. The summed E-state index contributed by atoms with van der Waals surface area (Å²) in [5.41, 5.74) is -0.376. The molecular formula is C13H17Cl2NO4S. The molecule has 0 aliphatic carbocycles. The van der Waals surface area contributed by atoms with Gasteiger partial charge in [-0.15, -0.1) is 0 Å². The maximum Gasteiger partial charge on any atom is 0.310 e. The Hall–Kier alpha value is -0.820. The molecule has 0 bridgehead atoms. The van der Waals surface area contributed by atoms with Crippen LogP contribution in [0.1, 0.15) is 25.0 Å². The van der Waals surface area contributed by atoms with E-state index in [0.717, 1.165) is 0 Å². The molecular weight excluding hydrogens is 337 g/mol. The van der Waals surface area contributed by atoms with Crippen molar-refractivity contribution in [3.63, 3.8) is 0 Å². The van der Waals surface area contributed by atoms with E-state index >= 15 is 0 Å². The monoisotopic (exact) mass is 353 g/mol. The minimum atomic E-state index is -3.96.